The van der Waals surface area contributed by atoms with Gasteiger partial charge >= 0.3 is 0 Å². The van der Waals surface area contributed by atoms with Crippen LogP contribution in [0.5, 0.6) is 0 Å². The minimum atomic E-state index is 0.338. The lowest BCUT2D eigenvalue weighted by atomic mass is 9.94. The van der Waals surface area contributed by atoms with E-state index in [2.05, 4.69) is 55.9 Å². The van der Waals surface area contributed by atoms with E-state index in [1.807, 2.05) is 0 Å². The van der Waals surface area contributed by atoms with Crippen molar-refractivity contribution in [1.29, 1.82) is 0 Å². The van der Waals surface area contributed by atoms with Crippen LogP contribution in [0.1, 0.15) is 35.6 Å². The Morgan fingerprint density at radius 3 is 2.52 bits per heavy atom. The first-order valence-corrected chi connectivity index (χ1v) is 8.17. The highest BCUT2D eigenvalue weighted by Gasteiger charge is 2.23. The Bertz CT molecular complexity index is 450. The molecule has 1 heterocycles. The van der Waals surface area contributed by atoms with Gasteiger partial charge in [0.1, 0.15) is 0 Å². The fraction of sp³-hybridized carbons (Fsp3) is 0.667. The second-order valence-corrected chi connectivity index (χ2v) is 6.80. The SMILES string of the molecule is Cc1ccc(C(CN)N(C)CC2CCN(C)CC2)c(C)c1. The van der Waals surface area contributed by atoms with Gasteiger partial charge in [-0.1, -0.05) is 23.8 Å². The molecule has 1 aliphatic rings. The quantitative estimate of drug-likeness (QED) is 0.904. The number of rotatable bonds is 5. The standard InChI is InChI=1S/C18H31N3/c1-14-5-6-17(15(2)11-14)18(12-19)21(4)13-16-7-9-20(3)10-8-16/h5-6,11,16,18H,7-10,12-13,19H2,1-4H3. The molecule has 1 aliphatic heterocycles. The largest absolute Gasteiger partial charge is 0.329 e. The number of nitrogens with zero attached hydrogens (tertiary/aromatic N) is 2. The molecule has 3 heteroatoms. The van der Waals surface area contributed by atoms with Crippen molar-refractivity contribution in [3.63, 3.8) is 0 Å². The van der Waals surface area contributed by atoms with Gasteiger partial charge in [-0.05, 0) is 70.9 Å². The monoisotopic (exact) mass is 289 g/mol. The molecule has 0 spiro atoms. The Morgan fingerprint density at radius 1 is 1.29 bits per heavy atom. The molecule has 2 rings (SSSR count). The molecule has 1 aromatic carbocycles. The van der Waals surface area contributed by atoms with E-state index in [0.717, 1.165) is 12.5 Å². The second kappa shape index (κ2) is 7.39. The summed E-state index contributed by atoms with van der Waals surface area (Å²) < 4.78 is 0. The second-order valence-electron chi connectivity index (χ2n) is 6.80. The molecule has 21 heavy (non-hydrogen) atoms. The summed E-state index contributed by atoms with van der Waals surface area (Å²) in [4.78, 5) is 4.90. The van der Waals surface area contributed by atoms with Gasteiger partial charge in [0.05, 0.1) is 0 Å². The minimum absolute atomic E-state index is 0.338. The molecule has 0 radical (unpaired) electrons. The summed E-state index contributed by atoms with van der Waals surface area (Å²) in [6, 6.07) is 7.06. The Kier molecular flexibility index (Phi) is 5.80. The first-order chi connectivity index (χ1) is 10.0. The van der Waals surface area contributed by atoms with Crippen LogP contribution >= 0.6 is 0 Å². The van der Waals surface area contributed by atoms with Crippen molar-refractivity contribution < 1.29 is 0 Å². The Morgan fingerprint density at radius 2 is 1.95 bits per heavy atom. The topological polar surface area (TPSA) is 32.5 Å². The highest BCUT2D eigenvalue weighted by molar-refractivity contribution is 5.33. The summed E-state index contributed by atoms with van der Waals surface area (Å²) in [6.07, 6.45) is 2.62. The van der Waals surface area contributed by atoms with Crippen LogP contribution in [0.3, 0.4) is 0 Å². The van der Waals surface area contributed by atoms with Crippen LogP contribution in [0.15, 0.2) is 18.2 Å². The van der Waals surface area contributed by atoms with Gasteiger partial charge in [-0.3, -0.25) is 4.90 Å². The van der Waals surface area contributed by atoms with E-state index in [9.17, 15) is 0 Å². The van der Waals surface area contributed by atoms with Gasteiger partial charge in [0.15, 0.2) is 0 Å². The number of likely N-dealkylation sites (N-methyl/N-ethyl adjacent to an activating group) is 1. The van der Waals surface area contributed by atoms with E-state index in [1.165, 1.54) is 42.6 Å². The summed E-state index contributed by atoms with van der Waals surface area (Å²) >= 11 is 0. The van der Waals surface area contributed by atoms with Gasteiger partial charge in [-0.15, -0.1) is 0 Å². The predicted octanol–water partition coefficient (Wildman–Crippen LogP) is 2.58. The van der Waals surface area contributed by atoms with Crippen LogP contribution in [-0.4, -0.2) is 50.1 Å². The molecule has 0 amide bonds. The lowest BCUT2D eigenvalue weighted by molar-refractivity contribution is 0.151. The average Bonchev–Trinajstić information content (AvgIpc) is 2.44. The molecule has 1 atom stereocenters. The number of nitrogens with two attached hydrogens (primary N) is 1. The fourth-order valence-electron chi connectivity index (χ4n) is 3.52. The zero-order valence-corrected chi connectivity index (χ0v) is 14.1. The van der Waals surface area contributed by atoms with Crippen LogP contribution in [0.25, 0.3) is 0 Å². The molecule has 0 saturated carbocycles. The summed E-state index contributed by atoms with van der Waals surface area (Å²) in [6.45, 7) is 8.66. The smallest absolute Gasteiger partial charge is 0.0470 e. The molecule has 0 aliphatic carbocycles. The van der Waals surface area contributed by atoms with E-state index in [-0.39, 0.29) is 0 Å². The molecule has 1 aromatic rings. The zero-order chi connectivity index (χ0) is 15.4. The van der Waals surface area contributed by atoms with E-state index >= 15 is 0 Å². The molecular weight excluding hydrogens is 258 g/mol. The number of hydrogen-bond acceptors (Lipinski definition) is 3. The minimum Gasteiger partial charge on any atom is -0.329 e. The van der Waals surface area contributed by atoms with Gasteiger partial charge < -0.3 is 10.6 Å². The van der Waals surface area contributed by atoms with Crippen molar-refractivity contribution in [3.8, 4) is 0 Å². The Balaban J connectivity index is 2.02. The van der Waals surface area contributed by atoms with Crippen molar-refractivity contribution in [2.45, 2.75) is 32.7 Å². The van der Waals surface area contributed by atoms with E-state index < -0.39 is 0 Å². The highest BCUT2D eigenvalue weighted by atomic mass is 15.1. The number of hydrogen-bond donors (Lipinski definition) is 1. The third-order valence-electron chi connectivity index (χ3n) is 4.92. The normalized spacial score (nSPS) is 19.1. The van der Waals surface area contributed by atoms with E-state index in [1.54, 1.807) is 0 Å². The number of likely N-dealkylation sites (tertiary alicyclic amines) is 1. The van der Waals surface area contributed by atoms with Crippen LogP contribution < -0.4 is 5.73 Å². The number of aryl methyl sites for hydroxylation is 2. The van der Waals surface area contributed by atoms with Crippen LogP contribution in [0.4, 0.5) is 0 Å². The molecule has 1 unspecified atom stereocenters. The first kappa shape index (κ1) is 16.5. The van der Waals surface area contributed by atoms with Gasteiger partial charge in [0.2, 0.25) is 0 Å². The maximum Gasteiger partial charge on any atom is 0.0470 e. The van der Waals surface area contributed by atoms with Crippen LogP contribution in [-0.2, 0) is 0 Å². The van der Waals surface area contributed by atoms with Crippen LogP contribution in [0.2, 0.25) is 0 Å². The third-order valence-corrected chi connectivity index (χ3v) is 4.92. The summed E-state index contributed by atoms with van der Waals surface area (Å²) in [5.41, 5.74) is 10.2. The first-order valence-electron chi connectivity index (χ1n) is 8.17. The molecule has 0 aromatic heterocycles. The molecule has 2 N–H and O–H groups in total. The Labute approximate surface area is 130 Å². The van der Waals surface area contributed by atoms with E-state index in [4.69, 9.17) is 5.73 Å². The van der Waals surface area contributed by atoms with Crippen molar-refractivity contribution in [2.75, 3.05) is 40.3 Å². The van der Waals surface area contributed by atoms with Crippen LogP contribution in [0, 0.1) is 19.8 Å². The maximum absolute atomic E-state index is 6.09. The summed E-state index contributed by atoms with van der Waals surface area (Å²) in [5.74, 6) is 0.811. The lowest BCUT2D eigenvalue weighted by Gasteiger charge is -2.35. The van der Waals surface area contributed by atoms with Gasteiger partial charge in [-0.2, -0.15) is 0 Å². The van der Waals surface area contributed by atoms with E-state index in [0.29, 0.717) is 12.6 Å². The van der Waals surface area contributed by atoms with Crippen molar-refractivity contribution in [2.24, 2.45) is 11.7 Å². The predicted molar refractivity (Wildman–Crippen MR) is 90.6 cm³/mol. The van der Waals surface area contributed by atoms with Crippen molar-refractivity contribution in [3.05, 3.63) is 34.9 Å². The average molecular weight is 289 g/mol. The van der Waals surface area contributed by atoms with Gasteiger partial charge in [-0.25, -0.2) is 0 Å². The molecular formula is C18H31N3. The van der Waals surface area contributed by atoms with Crippen molar-refractivity contribution in [1.82, 2.24) is 9.80 Å². The number of piperidine rings is 1. The molecule has 3 nitrogen and oxygen atoms in total. The number of benzene rings is 1. The molecule has 118 valence electrons. The summed E-state index contributed by atoms with van der Waals surface area (Å²) in [7, 11) is 4.45. The molecule has 1 saturated heterocycles. The lowest BCUT2D eigenvalue weighted by Crippen LogP contribution is -2.39. The van der Waals surface area contributed by atoms with Gasteiger partial charge in [0.25, 0.3) is 0 Å². The highest BCUT2D eigenvalue weighted by Crippen LogP contribution is 2.26. The molecule has 1 fully saturated rings. The Hall–Kier alpha value is -0.900. The fourth-order valence-corrected chi connectivity index (χ4v) is 3.52. The molecule has 0 bridgehead atoms. The van der Waals surface area contributed by atoms with Gasteiger partial charge in [0, 0.05) is 19.1 Å². The summed E-state index contributed by atoms with van der Waals surface area (Å²) in [5, 5.41) is 0. The maximum atomic E-state index is 6.09. The van der Waals surface area contributed by atoms with Crippen molar-refractivity contribution >= 4 is 0 Å². The third kappa shape index (κ3) is 4.29. The zero-order valence-electron chi connectivity index (χ0n) is 14.1.